The molecule has 3 aromatic rings. The molecule has 0 aliphatic rings. The summed E-state index contributed by atoms with van der Waals surface area (Å²) < 4.78 is 1.46. The van der Waals surface area contributed by atoms with E-state index in [1.807, 2.05) is 18.2 Å². The predicted molar refractivity (Wildman–Crippen MR) is 102 cm³/mol. The van der Waals surface area contributed by atoms with Crippen LogP contribution in [-0.4, -0.2) is 38.4 Å². The minimum absolute atomic E-state index is 0.150. The van der Waals surface area contributed by atoms with Crippen LogP contribution in [0.2, 0.25) is 0 Å². The fourth-order valence-corrected chi connectivity index (χ4v) is 2.81. The van der Waals surface area contributed by atoms with Crippen LogP contribution < -0.4 is 11.1 Å². The fourth-order valence-electron chi connectivity index (χ4n) is 2.81. The molecule has 0 aliphatic carbocycles. The first-order valence-corrected chi connectivity index (χ1v) is 8.61. The lowest BCUT2D eigenvalue weighted by Crippen LogP contribution is -2.47. The molecule has 0 spiro atoms. The smallest absolute Gasteiger partial charge is 0.287 e. The van der Waals surface area contributed by atoms with Gasteiger partial charge in [0.05, 0.1) is 11.4 Å². The van der Waals surface area contributed by atoms with E-state index in [1.54, 1.807) is 49.6 Å². The monoisotopic (exact) mass is 377 g/mol. The van der Waals surface area contributed by atoms with E-state index < -0.39 is 23.6 Å². The number of nitrogens with two attached hydrogens (primary N) is 1. The summed E-state index contributed by atoms with van der Waals surface area (Å²) in [6.45, 7) is 1.75. The molecule has 142 valence electrons. The molecule has 0 fully saturated rings. The first kappa shape index (κ1) is 19.0. The Kier molecular flexibility index (Phi) is 5.59. The lowest BCUT2D eigenvalue weighted by molar-refractivity contribution is -0.137. The molecule has 8 heteroatoms. The van der Waals surface area contributed by atoms with Gasteiger partial charge in [-0.15, -0.1) is 0 Å². The van der Waals surface area contributed by atoms with Crippen LogP contribution in [0.1, 0.15) is 21.7 Å². The van der Waals surface area contributed by atoms with Gasteiger partial charge in [-0.3, -0.25) is 19.4 Å². The van der Waals surface area contributed by atoms with Gasteiger partial charge in [-0.25, -0.2) is 4.68 Å². The highest BCUT2D eigenvalue weighted by Gasteiger charge is 2.27. The number of rotatable bonds is 7. The topological polar surface area (TPSA) is 120 Å². The van der Waals surface area contributed by atoms with Crippen LogP contribution in [0, 0.1) is 6.92 Å². The Hall–Kier alpha value is -3.81. The number of nitrogens with one attached hydrogen (secondary N) is 1. The summed E-state index contributed by atoms with van der Waals surface area (Å²) >= 11 is 0. The number of benzene rings is 1. The number of amides is 2. The number of carbonyl (C=O) groups is 3. The molecule has 2 heterocycles. The Morgan fingerprint density at radius 3 is 2.43 bits per heavy atom. The van der Waals surface area contributed by atoms with E-state index in [1.165, 1.54) is 4.68 Å². The largest absolute Gasteiger partial charge is 0.363 e. The summed E-state index contributed by atoms with van der Waals surface area (Å²) in [6, 6.07) is 13.0. The van der Waals surface area contributed by atoms with E-state index in [-0.39, 0.29) is 12.1 Å². The number of primary amides is 1. The lowest BCUT2D eigenvalue weighted by atomic mass is 10.0. The van der Waals surface area contributed by atoms with Crippen molar-refractivity contribution < 1.29 is 14.4 Å². The first-order chi connectivity index (χ1) is 13.5. The van der Waals surface area contributed by atoms with Gasteiger partial charge < -0.3 is 11.1 Å². The summed E-state index contributed by atoms with van der Waals surface area (Å²) in [5.74, 6) is -2.49. The molecule has 28 heavy (non-hydrogen) atoms. The van der Waals surface area contributed by atoms with Gasteiger partial charge in [0.15, 0.2) is 0 Å². The van der Waals surface area contributed by atoms with Gasteiger partial charge in [0.25, 0.3) is 11.8 Å². The number of aromatic nitrogens is 3. The number of nitrogens with zero attached hydrogens (tertiary/aromatic N) is 3. The summed E-state index contributed by atoms with van der Waals surface area (Å²) in [6.07, 6.45) is 3.32. The van der Waals surface area contributed by atoms with Gasteiger partial charge in [0.1, 0.15) is 11.7 Å². The second kappa shape index (κ2) is 8.26. The minimum atomic E-state index is -1.10. The van der Waals surface area contributed by atoms with Crippen LogP contribution in [0.5, 0.6) is 0 Å². The van der Waals surface area contributed by atoms with Crippen molar-refractivity contribution in [1.82, 2.24) is 20.1 Å². The zero-order chi connectivity index (χ0) is 20.1. The van der Waals surface area contributed by atoms with Crippen molar-refractivity contribution in [1.29, 1.82) is 0 Å². The number of Topliss-reactive ketones (excluding diaryl/α,β-unsaturated/α-hetero) is 1. The van der Waals surface area contributed by atoms with Gasteiger partial charge in [0, 0.05) is 18.8 Å². The fraction of sp³-hybridized carbons (Fsp3) is 0.150. The Labute approximate surface area is 161 Å². The lowest BCUT2D eigenvalue weighted by Gasteiger charge is -2.17. The van der Waals surface area contributed by atoms with Crippen LogP contribution in [0.4, 0.5) is 0 Å². The zero-order valence-electron chi connectivity index (χ0n) is 15.2. The molecule has 1 aromatic carbocycles. The Morgan fingerprint density at radius 2 is 1.79 bits per heavy atom. The van der Waals surface area contributed by atoms with E-state index in [9.17, 15) is 14.4 Å². The predicted octanol–water partition coefficient (Wildman–Crippen LogP) is 0.971. The zero-order valence-corrected chi connectivity index (χ0v) is 15.2. The maximum Gasteiger partial charge on any atom is 0.287 e. The summed E-state index contributed by atoms with van der Waals surface area (Å²) in [5.41, 5.74) is 7.47. The molecular weight excluding hydrogens is 358 g/mol. The third-order valence-electron chi connectivity index (χ3n) is 4.12. The molecule has 3 N–H and O–H groups in total. The first-order valence-electron chi connectivity index (χ1n) is 8.61. The Bertz CT molecular complexity index is 999. The highest BCUT2D eigenvalue weighted by molar-refractivity contribution is 6.38. The number of carbonyl (C=O) groups excluding carboxylic acids is 3. The van der Waals surface area contributed by atoms with Crippen LogP contribution >= 0.6 is 0 Å². The molecule has 3 rings (SSSR count). The quantitative estimate of drug-likeness (QED) is 0.595. The van der Waals surface area contributed by atoms with Crippen molar-refractivity contribution in [3.8, 4) is 5.69 Å². The second-order valence-corrected chi connectivity index (χ2v) is 6.23. The summed E-state index contributed by atoms with van der Waals surface area (Å²) in [7, 11) is 0. The number of aryl methyl sites for hydroxylation is 1. The number of hydrogen-bond acceptors (Lipinski definition) is 5. The van der Waals surface area contributed by atoms with E-state index in [4.69, 9.17) is 5.73 Å². The molecular formula is C20H19N5O3. The maximum absolute atomic E-state index is 12.9. The Morgan fingerprint density at radius 1 is 1.11 bits per heavy atom. The van der Waals surface area contributed by atoms with Gasteiger partial charge in [-0.05, 0) is 30.7 Å². The molecule has 8 nitrogen and oxygen atoms in total. The van der Waals surface area contributed by atoms with E-state index in [2.05, 4.69) is 15.4 Å². The standard InChI is InChI=1S/C20H19N5O3/c1-13-11-17(25(24-13)15-7-9-22-10-8-15)20(28)23-16(18(26)19(21)27)12-14-5-3-2-4-6-14/h2-11,16H,12H2,1H3,(H2,21,27)(H,23,28)/t16-/m0/s1. The van der Waals surface area contributed by atoms with Crippen molar-refractivity contribution in [3.63, 3.8) is 0 Å². The molecule has 0 unspecified atom stereocenters. The van der Waals surface area contributed by atoms with Gasteiger partial charge in [0.2, 0.25) is 5.78 Å². The average molecular weight is 377 g/mol. The molecule has 2 amide bonds. The second-order valence-electron chi connectivity index (χ2n) is 6.23. The highest BCUT2D eigenvalue weighted by Crippen LogP contribution is 2.13. The average Bonchev–Trinajstić information content (AvgIpc) is 3.10. The molecule has 0 aliphatic heterocycles. The highest BCUT2D eigenvalue weighted by atomic mass is 16.2. The molecule has 0 saturated heterocycles. The summed E-state index contributed by atoms with van der Waals surface area (Å²) in [5, 5.41) is 6.95. The molecule has 0 bridgehead atoms. The van der Waals surface area contributed by atoms with Crippen LogP contribution in [-0.2, 0) is 16.0 Å². The number of hydrogen-bond donors (Lipinski definition) is 2. The summed E-state index contributed by atoms with van der Waals surface area (Å²) in [4.78, 5) is 40.5. The molecule has 1 atom stereocenters. The van der Waals surface area contributed by atoms with Gasteiger partial charge >= 0.3 is 0 Å². The van der Waals surface area contributed by atoms with Crippen molar-refractivity contribution >= 4 is 17.6 Å². The molecule has 0 saturated carbocycles. The van der Waals surface area contributed by atoms with Crippen LogP contribution in [0.15, 0.2) is 60.9 Å². The van der Waals surface area contributed by atoms with Crippen molar-refractivity contribution in [2.45, 2.75) is 19.4 Å². The van der Waals surface area contributed by atoms with Crippen LogP contribution in [0.25, 0.3) is 5.69 Å². The third-order valence-corrected chi connectivity index (χ3v) is 4.12. The normalized spacial score (nSPS) is 11.6. The van der Waals surface area contributed by atoms with Crippen LogP contribution in [0.3, 0.4) is 0 Å². The van der Waals surface area contributed by atoms with E-state index in [0.29, 0.717) is 11.4 Å². The van der Waals surface area contributed by atoms with Gasteiger partial charge in [-0.2, -0.15) is 5.10 Å². The molecule has 2 aromatic heterocycles. The molecule has 0 radical (unpaired) electrons. The maximum atomic E-state index is 12.9. The van der Waals surface area contributed by atoms with Crippen molar-refractivity contribution in [2.75, 3.05) is 0 Å². The minimum Gasteiger partial charge on any atom is -0.363 e. The van der Waals surface area contributed by atoms with Crippen molar-refractivity contribution in [3.05, 3.63) is 77.9 Å². The SMILES string of the molecule is Cc1cc(C(=O)N[C@@H](Cc2ccccc2)C(=O)C(N)=O)n(-c2ccncc2)n1. The Balaban J connectivity index is 1.88. The van der Waals surface area contributed by atoms with E-state index >= 15 is 0 Å². The number of ketones is 1. The van der Waals surface area contributed by atoms with E-state index in [0.717, 1.165) is 5.56 Å². The number of pyridine rings is 1. The van der Waals surface area contributed by atoms with Gasteiger partial charge in [-0.1, -0.05) is 30.3 Å². The van der Waals surface area contributed by atoms with Crippen molar-refractivity contribution in [2.24, 2.45) is 5.73 Å². The third kappa shape index (κ3) is 4.29.